The van der Waals surface area contributed by atoms with E-state index in [-0.39, 0.29) is 34.5 Å². The van der Waals surface area contributed by atoms with Gasteiger partial charge in [-0.25, -0.2) is 4.98 Å². The predicted molar refractivity (Wildman–Crippen MR) is 123 cm³/mol. The summed E-state index contributed by atoms with van der Waals surface area (Å²) in [5.41, 5.74) is 1.99. The monoisotopic (exact) mass is 435 g/mol. The molecular formula is C24H29N5O3. The molecule has 3 aliphatic rings. The van der Waals surface area contributed by atoms with Crippen molar-refractivity contribution in [2.75, 3.05) is 29.4 Å². The molecule has 1 saturated heterocycles. The number of carbonyl (C=O) groups is 1. The summed E-state index contributed by atoms with van der Waals surface area (Å²) in [4.78, 5) is 33.5. The van der Waals surface area contributed by atoms with Crippen LogP contribution in [0.2, 0.25) is 0 Å². The second-order valence-electron chi connectivity index (χ2n) is 9.12. The summed E-state index contributed by atoms with van der Waals surface area (Å²) in [6.45, 7) is 2.25. The summed E-state index contributed by atoms with van der Waals surface area (Å²) in [7, 11) is 0. The first-order valence-corrected chi connectivity index (χ1v) is 11.6. The molecule has 2 atom stereocenters. The highest BCUT2D eigenvalue weighted by Crippen LogP contribution is 2.38. The van der Waals surface area contributed by atoms with Crippen LogP contribution in [0.1, 0.15) is 37.7 Å². The summed E-state index contributed by atoms with van der Waals surface area (Å²) < 4.78 is 0. The summed E-state index contributed by atoms with van der Waals surface area (Å²) >= 11 is 0. The van der Waals surface area contributed by atoms with Gasteiger partial charge in [-0.05, 0) is 43.0 Å². The van der Waals surface area contributed by atoms with Gasteiger partial charge in [0, 0.05) is 49.7 Å². The van der Waals surface area contributed by atoms with E-state index >= 15 is 0 Å². The lowest BCUT2D eigenvalue weighted by Gasteiger charge is -2.49. The van der Waals surface area contributed by atoms with Crippen molar-refractivity contribution >= 4 is 23.1 Å². The average Bonchev–Trinajstić information content (AvgIpc) is 2.84. The highest BCUT2D eigenvalue weighted by atomic mass is 16.6. The number of non-ortho nitro benzene ring substituents is 1. The molecule has 8 nitrogen and oxygen atoms in total. The van der Waals surface area contributed by atoms with Crippen molar-refractivity contribution < 1.29 is 9.72 Å². The van der Waals surface area contributed by atoms with Gasteiger partial charge in [0.15, 0.2) is 0 Å². The van der Waals surface area contributed by atoms with Gasteiger partial charge < -0.3 is 15.1 Å². The first-order valence-electron chi connectivity index (χ1n) is 11.6. The van der Waals surface area contributed by atoms with E-state index in [2.05, 4.69) is 20.1 Å². The maximum absolute atomic E-state index is 13.5. The minimum Gasteiger partial charge on any atom is -0.364 e. The first-order chi connectivity index (χ1) is 15.6. The van der Waals surface area contributed by atoms with E-state index in [4.69, 9.17) is 0 Å². The Balaban J connectivity index is 1.44. The number of piperazine rings is 1. The van der Waals surface area contributed by atoms with Crippen LogP contribution in [0.3, 0.4) is 0 Å². The largest absolute Gasteiger partial charge is 0.364 e. The normalized spacial score (nSPS) is 23.2. The maximum atomic E-state index is 13.5. The van der Waals surface area contributed by atoms with E-state index in [9.17, 15) is 14.9 Å². The fourth-order valence-electron chi connectivity index (χ4n) is 5.53. The summed E-state index contributed by atoms with van der Waals surface area (Å²) in [6.07, 6.45) is 7.95. The molecule has 1 aromatic heterocycles. The molecule has 0 unspecified atom stereocenters. The van der Waals surface area contributed by atoms with E-state index in [1.54, 1.807) is 18.3 Å². The smallest absolute Gasteiger partial charge is 0.269 e. The van der Waals surface area contributed by atoms with Gasteiger partial charge in [-0.1, -0.05) is 25.3 Å². The average molecular weight is 436 g/mol. The zero-order valence-electron chi connectivity index (χ0n) is 18.2. The van der Waals surface area contributed by atoms with E-state index in [0.29, 0.717) is 13.0 Å². The van der Waals surface area contributed by atoms with E-state index in [1.165, 1.54) is 6.42 Å². The van der Waals surface area contributed by atoms with Crippen LogP contribution in [0.4, 0.5) is 17.2 Å². The molecular weight excluding hydrogens is 406 g/mol. The molecule has 168 valence electrons. The van der Waals surface area contributed by atoms with Crippen LogP contribution in [0.25, 0.3) is 0 Å². The Hall–Kier alpha value is -3.16. The van der Waals surface area contributed by atoms with Gasteiger partial charge in [0.05, 0.1) is 16.9 Å². The van der Waals surface area contributed by atoms with Gasteiger partial charge >= 0.3 is 0 Å². The van der Waals surface area contributed by atoms with Crippen LogP contribution < -0.4 is 15.1 Å². The van der Waals surface area contributed by atoms with Gasteiger partial charge in [0.2, 0.25) is 5.91 Å². The van der Waals surface area contributed by atoms with Crippen molar-refractivity contribution in [2.45, 2.75) is 50.6 Å². The SMILES string of the molecule is O=C(NC1CCCCC1)[C@H]1Cc2cc([N+](=O)[O-])ccc2N2CCN(c3ccccn3)C[C@H]12. The molecule has 1 aliphatic carbocycles. The molecule has 1 N–H and O–H groups in total. The zero-order valence-corrected chi connectivity index (χ0v) is 18.2. The van der Waals surface area contributed by atoms with Gasteiger partial charge in [-0.15, -0.1) is 0 Å². The molecule has 2 aromatic rings. The minimum atomic E-state index is -0.359. The van der Waals surface area contributed by atoms with Gasteiger partial charge in [-0.3, -0.25) is 14.9 Å². The number of fused-ring (bicyclic) bond motifs is 3. The third-order valence-electron chi connectivity index (χ3n) is 7.17. The molecule has 0 bridgehead atoms. The van der Waals surface area contributed by atoms with Crippen LogP contribution in [-0.2, 0) is 11.2 Å². The number of hydrogen-bond donors (Lipinski definition) is 1. The minimum absolute atomic E-state index is 0.00306. The number of anilines is 2. The number of benzene rings is 1. The third kappa shape index (κ3) is 4.01. The van der Waals surface area contributed by atoms with Crippen molar-refractivity contribution in [3.8, 4) is 0 Å². The third-order valence-corrected chi connectivity index (χ3v) is 7.17. The second kappa shape index (κ2) is 8.76. The Bertz CT molecular complexity index is 992. The van der Waals surface area contributed by atoms with Crippen molar-refractivity contribution in [2.24, 2.45) is 5.92 Å². The van der Waals surface area contributed by atoms with Crippen molar-refractivity contribution in [3.63, 3.8) is 0 Å². The number of nitrogens with zero attached hydrogens (tertiary/aromatic N) is 4. The Kier molecular flexibility index (Phi) is 5.68. The van der Waals surface area contributed by atoms with Crippen molar-refractivity contribution in [3.05, 3.63) is 58.3 Å². The number of nitro benzene ring substituents is 1. The molecule has 3 heterocycles. The number of carbonyl (C=O) groups excluding carboxylic acids is 1. The molecule has 1 aromatic carbocycles. The maximum Gasteiger partial charge on any atom is 0.269 e. The molecule has 1 saturated carbocycles. The van der Waals surface area contributed by atoms with Crippen LogP contribution in [-0.4, -0.2) is 47.5 Å². The molecule has 2 fully saturated rings. The molecule has 0 spiro atoms. The summed E-state index contributed by atoms with van der Waals surface area (Å²) in [5, 5.41) is 14.7. The predicted octanol–water partition coefficient (Wildman–Crippen LogP) is 3.31. The number of aromatic nitrogens is 1. The number of rotatable bonds is 4. The van der Waals surface area contributed by atoms with Gasteiger partial charge in [0.25, 0.3) is 5.69 Å². The summed E-state index contributed by atoms with van der Waals surface area (Å²) in [5.74, 6) is 0.748. The number of hydrogen-bond acceptors (Lipinski definition) is 6. The van der Waals surface area contributed by atoms with Crippen LogP contribution in [0.5, 0.6) is 0 Å². The van der Waals surface area contributed by atoms with E-state index < -0.39 is 0 Å². The lowest BCUT2D eigenvalue weighted by Crippen LogP contribution is -2.62. The Labute approximate surface area is 187 Å². The number of nitrogens with one attached hydrogen (secondary N) is 1. The van der Waals surface area contributed by atoms with Gasteiger partial charge in [0.1, 0.15) is 5.82 Å². The Morgan fingerprint density at radius 1 is 1.12 bits per heavy atom. The molecule has 1 amide bonds. The van der Waals surface area contributed by atoms with E-state index in [1.807, 2.05) is 24.3 Å². The number of amides is 1. The molecule has 2 aliphatic heterocycles. The molecule has 5 rings (SSSR count). The fraction of sp³-hybridized carbons (Fsp3) is 0.500. The number of pyridine rings is 1. The lowest BCUT2D eigenvalue weighted by molar-refractivity contribution is -0.384. The quantitative estimate of drug-likeness (QED) is 0.585. The van der Waals surface area contributed by atoms with Gasteiger partial charge in [-0.2, -0.15) is 0 Å². The standard InChI is InChI=1S/C24H29N5O3/c30-24(26-18-6-2-1-3-7-18)20-15-17-14-19(29(31)32)9-10-21(17)28-13-12-27(16-22(20)28)23-8-4-5-11-25-23/h4-5,8-11,14,18,20,22H,1-3,6-7,12-13,15-16H2,(H,26,30)/t20-,22+/m0/s1. The van der Waals surface area contributed by atoms with Crippen LogP contribution in [0.15, 0.2) is 42.6 Å². The highest BCUT2D eigenvalue weighted by Gasteiger charge is 2.42. The highest BCUT2D eigenvalue weighted by molar-refractivity contribution is 5.83. The Morgan fingerprint density at radius 2 is 1.97 bits per heavy atom. The topological polar surface area (TPSA) is 91.6 Å². The Morgan fingerprint density at radius 3 is 2.72 bits per heavy atom. The lowest BCUT2D eigenvalue weighted by atomic mass is 9.82. The van der Waals surface area contributed by atoms with E-state index in [0.717, 1.165) is 55.8 Å². The molecule has 0 radical (unpaired) electrons. The van der Waals surface area contributed by atoms with Crippen LogP contribution >= 0.6 is 0 Å². The van der Waals surface area contributed by atoms with Crippen molar-refractivity contribution in [1.29, 1.82) is 0 Å². The first kappa shape index (κ1) is 20.7. The fourth-order valence-corrected chi connectivity index (χ4v) is 5.53. The molecule has 8 heteroatoms. The van der Waals surface area contributed by atoms with Crippen molar-refractivity contribution in [1.82, 2.24) is 10.3 Å². The summed E-state index contributed by atoms with van der Waals surface area (Å²) in [6, 6.07) is 11.2. The number of nitro groups is 1. The van der Waals surface area contributed by atoms with Crippen LogP contribution in [0, 0.1) is 16.0 Å². The molecule has 32 heavy (non-hydrogen) atoms. The zero-order chi connectivity index (χ0) is 22.1. The second-order valence-corrected chi connectivity index (χ2v) is 9.12.